The van der Waals surface area contributed by atoms with Gasteiger partial charge in [0.05, 0.1) is 4.90 Å². The maximum absolute atomic E-state index is 12.8. The van der Waals surface area contributed by atoms with Gasteiger partial charge in [-0.1, -0.05) is 15.9 Å². The van der Waals surface area contributed by atoms with E-state index in [9.17, 15) is 13.2 Å². The normalized spacial score (nSPS) is 17.4. The van der Waals surface area contributed by atoms with Gasteiger partial charge in [-0.15, -0.1) is 0 Å². The summed E-state index contributed by atoms with van der Waals surface area (Å²) in [6, 6.07) is 5.18. The Bertz CT molecular complexity index is 684. The summed E-state index contributed by atoms with van der Waals surface area (Å²) in [6.45, 7) is 4.56. The third-order valence-corrected chi connectivity index (χ3v) is 7.15. The summed E-state index contributed by atoms with van der Waals surface area (Å²) in [4.78, 5) is 12.3. The fraction of sp³-hybridized carbons (Fsp3) is 0.533. The first-order chi connectivity index (χ1) is 10.7. The van der Waals surface area contributed by atoms with E-state index in [0.717, 1.165) is 0 Å². The molecule has 1 aromatic carbocycles. The molecule has 128 valence electrons. The number of piperidine rings is 1. The zero-order chi connectivity index (χ0) is 17.2. The van der Waals surface area contributed by atoms with Crippen molar-refractivity contribution in [2.75, 3.05) is 13.1 Å². The first kappa shape index (κ1) is 18.9. The quantitative estimate of drug-likeness (QED) is 0.739. The second-order valence-corrected chi connectivity index (χ2v) is 9.59. The van der Waals surface area contributed by atoms with Gasteiger partial charge in [0.15, 0.2) is 0 Å². The van der Waals surface area contributed by atoms with Crippen molar-refractivity contribution in [3.05, 3.63) is 27.1 Å². The highest BCUT2D eigenvalue weighted by atomic mass is 79.9. The number of carbonyl (C=O) groups excluding carboxylic acids is 1. The number of benzene rings is 1. The van der Waals surface area contributed by atoms with Gasteiger partial charge in [0.1, 0.15) is 0 Å². The molecule has 0 aromatic heterocycles. The first-order valence-electron chi connectivity index (χ1n) is 7.47. The first-order valence-corrected chi connectivity index (χ1v) is 10.5. The van der Waals surface area contributed by atoms with E-state index in [1.807, 2.05) is 13.8 Å². The summed E-state index contributed by atoms with van der Waals surface area (Å²) >= 11 is 6.61. The minimum absolute atomic E-state index is 0.0145. The van der Waals surface area contributed by atoms with Gasteiger partial charge in [-0.25, -0.2) is 8.42 Å². The zero-order valence-corrected chi connectivity index (χ0v) is 17.0. The van der Waals surface area contributed by atoms with Crippen molar-refractivity contribution in [2.24, 2.45) is 5.92 Å². The average Bonchev–Trinajstić information content (AvgIpc) is 2.49. The maximum atomic E-state index is 12.8. The number of nitrogens with one attached hydrogen (secondary N) is 1. The lowest BCUT2D eigenvalue weighted by molar-refractivity contribution is -0.126. The highest BCUT2D eigenvalue weighted by Gasteiger charge is 2.33. The van der Waals surface area contributed by atoms with Crippen molar-refractivity contribution in [3.63, 3.8) is 0 Å². The van der Waals surface area contributed by atoms with E-state index in [-0.39, 0.29) is 22.8 Å². The minimum Gasteiger partial charge on any atom is -0.354 e. The van der Waals surface area contributed by atoms with Gasteiger partial charge in [-0.05, 0) is 60.8 Å². The molecule has 1 saturated heterocycles. The van der Waals surface area contributed by atoms with Gasteiger partial charge >= 0.3 is 0 Å². The monoisotopic (exact) mass is 466 g/mol. The van der Waals surface area contributed by atoms with Crippen LogP contribution < -0.4 is 5.32 Å². The van der Waals surface area contributed by atoms with E-state index in [0.29, 0.717) is 34.9 Å². The third-order valence-electron chi connectivity index (χ3n) is 3.77. The smallest absolute Gasteiger partial charge is 0.244 e. The molecule has 1 aliphatic heterocycles. The molecule has 0 aliphatic carbocycles. The predicted molar refractivity (Wildman–Crippen MR) is 96.6 cm³/mol. The lowest BCUT2D eigenvalue weighted by Gasteiger charge is -2.31. The number of halogens is 2. The Morgan fingerprint density at radius 2 is 1.87 bits per heavy atom. The molecule has 23 heavy (non-hydrogen) atoms. The number of carbonyl (C=O) groups is 1. The van der Waals surface area contributed by atoms with Crippen LogP contribution in [0.5, 0.6) is 0 Å². The number of amides is 1. The molecule has 0 atom stereocenters. The van der Waals surface area contributed by atoms with Gasteiger partial charge in [0.2, 0.25) is 15.9 Å². The Labute approximate surface area is 154 Å². The summed E-state index contributed by atoms with van der Waals surface area (Å²) in [6.07, 6.45) is 1.09. The van der Waals surface area contributed by atoms with Crippen LogP contribution in [0, 0.1) is 5.92 Å². The molecule has 1 aliphatic rings. The van der Waals surface area contributed by atoms with Crippen LogP contribution in [0.4, 0.5) is 0 Å². The van der Waals surface area contributed by atoms with Crippen molar-refractivity contribution in [1.29, 1.82) is 0 Å². The van der Waals surface area contributed by atoms with E-state index in [1.54, 1.807) is 18.2 Å². The van der Waals surface area contributed by atoms with Gasteiger partial charge in [0.25, 0.3) is 0 Å². The average molecular weight is 468 g/mol. The molecule has 1 heterocycles. The Hall–Kier alpha value is -0.440. The number of hydrogen-bond donors (Lipinski definition) is 1. The standard InChI is InChI=1S/C15H20Br2N2O3S/c1-10(2)18-15(20)11-5-7-19(8-6-11)23(21,22)14-9-12(16)3-4-13(14)17/h3-4,9-11H,5-8H2,1-2H3,(H,18,20). The van der Waals surface area contributed by atoms with Crippen molar-refractivity contribution in [1.82, 2.24) is 9.62 Å². The molecule has 8 heteroatoms. The molecule has 0 unspecified atom stereocenters. The molecule has 0 saturated carbocycles. The van der Waals surface area contributed by atoms with Crippen molar-refractivity contribution >= 4 is 47.8 Å². The topological polar surface area (TPSA) is 66.5 Å². The molecule has 5 nitrogen and oxygen atoms in total. The Balaban J connectivity index is 2.10. The second kappa shape index (κ2) is 7.63. The Morgan fingerprint density at radius 3 is 2.43 bits per heavy atom. The van der Waals surface area contributed by atoms with Crippen LogP contribution in [0.25, 0.3) is 0 Å². The molecule has 1 N–H and O–H groups in total. The molecule has 1 aromatic rings. The number of sulfonamides is 1. The van der Waals surface area contributed by atoms with Crippen LogP contribution in [0.15, 0.2) is 32.0 Å². The molecule has 1 fully saturated rings. The SMILES string of the molecule is CC(C)NC(=O)C1CCN(S(=O)(=O)c2cc(Br)ccc2Br)CC1. The third kappa shape index (κ3) is 4.55. The lowest BCUT2D eigenvalue weighted by atomic mass is 9.97. The largest absolute Gasteiger partial charge is 0.354 e. The zero-order valence-electron chi connectivity index (χ0n) is 13.1. The Morgan fingerprint density at radius 1 is 1.26 bits per heavy atom. The van der Waals surface area contributed by atoms with E-state index in [4.69, 9.17) is 0 Å². The van der Waals surface area contributed by atoms with Crippen LogP contribution in [0.1, 0.15) is 26.7 Å². The predicted octanol–water partition coefficient (Wildman–Crippen LogP) is 3.14. The number of rotatable bonds is 4. The molecule has 0 bridgehead atoms. The van der Waals surface area contributed by atoms with Gasteiger partial charge in [0, 0.05) is 34.0 Å². The lowest BCUT2D eigenvalue weighted by Crippen LogP contribution is -2.44. The summed E-state index contributed by atoms with van der Waals surface area (Å²) in [5.41, 5.74) is 0. The van der Waals surface area contributed by atoms with Gasteiger partial charge < -0.3 is 5.32 Å². The van der Waals surface area contributed by atoms with E-state index >= 15 is 0 Å². The van der Waals surface area contributed by atoms with Crippen molar-refractivity contribution in [2.45, 2.75) is 37.6 Å². The second-order valence-electron chi connectivity index (χ2n) is 5.92. The molecular formula is C15H20Br2N2O3S. The van der Waals surface area contributed by atoms with Crippen LogP contribution in [-0.4, -0.2) is 37.8 Å². The van der Waals surface area contributed by atoms with Crippen molar-refractivity contribution in [3.8, 4) is 0 Å². The van der Waals surface area contributed by atoms with Crippen LogP contribution in [-0.2, 0) is 14.8 Å². The van der Waals surface area contributed by atoms with Crippen LogP contribution in [0.3, 0.4) is 0 Å². The summed E-state index contributed by atoms with van der Waals surface area (Å²) in [7, 11) is -3.56. The Kier molecular flexibility index (Phi) is 6.27. The number of hydrogen-bond acceptors (Lipinski definition) is 3. The fourth-order valence-electron chi connectivity index (χ4n) is 2.57. The van der Waals surface area contributed by atoms with E-state index < -0.39 is 10.0 Å². The summed E-state index contributed by atoms with van der Waals surface area (Å²) < 4.78 is 28.3. The number of nitrogens with zero attached hydrogens (tertiary/aromatic N) is 1. The molecular weight excluding hydrogens is 448 g/mol. The van der Waals surface area contributed by atoms with Crippen molar-refractivity contribution < 1.29 is 13.2 Å². The van der Waals surface area contributed by atoms with Crippen LogP contribution >= 0.6 is 31.9 Å². The highest BCUT2D eigenvalue weighted by molar-refractivity contribution is 9.11. The van der Waals surface area contributed by atoms with Gasteiger partial charge in [-0.2, -0.15) is 4.31 Å². The van der Waals surface area contributed by atoms with E-state index in [1.165, 1.54) is 4.31 Å². The molecule has 1 amide bonds. The minimum atomic E-state index is -3.56. The highest BCUT2D eigenvalue weighted by Crippen LogP contribution is 2.30. The van der Waals surface area contributed by atoms with Gasteiger partial charge in [-0.3, -0.25) is 4.79 Å². The molecule has 2 rings (SSSR count). The molecule has 0 radical (unpaired) electrons. The molecule has 0 spiro atoms. The maximum Gasteiger partial charge on any atom is 0.244 e. The fourth-order valence-corrected chi connectivity index (χ4v) is 5.51. The van der Waals surface area contributed by atoms with E-state index in [2.05, 4.69) is 37.2 Å². The summed E-state index contributed by atoms with van der Waals surface area (Å²) in [5, 5.41) is 2.89. The summed E-state index contributed by atoms with van der Waals surface area (Å²) in [5.74, 6) is -0.101. The van der Waals surface area contributed by atoms with Crippen LogP contribution in [0.2, 0.25) is 0 Å².